The van der Waals surface area contributed by atoms with Crippen LogP contribution in [-0.4, -0.2) is 17.0 Å². The number of nitrogens with one attached hydrogen (secondary N) is 1. The zero-order valence-corrected chi connectivity index (χ0v) is 12.9. The molecule has 0 saturated carbocycles. The summed E-state index contributed by atoms with van der Waals surface area (Å²) in [7, 11) is 0. The molecule has 1 heterocycles. The molecule has 8 heteroatoms. The standard InChI is InChI=1S/C13H8BrF2NO3S/c1-5-4-21-11(13(19)20)10(5)17-12(18)6-2-9(16)7(14)3-8(6)15/h2-4H,1H3,(H,17,18)(H,19,20). The quantitative estimate of drug-likeness (QED) is 0.795. The van der Waals surface area contributed by atoms with Crippen LogP contribution in [-0.2, 0) is 0 Å². The zero-order valence-electron chi connectivity index (χ0n) is 10.5. The zero-order chi connectivity index (χ0) is 15.7. The Labute approximate surface area is 130 Å². The van der Waals surface area contributed by atoms with Gasteiger partial charge in [0.05, 0.1) is 15.7 Å². The van der Waals surface area contributed by atoms with Gasteiger partial charge in [-0.15, -0.1) is 11.3 Å². The fraction of sp³-hybridized carbons (Fsp3) is 0.0769. The fourth-order valence-corrected chi connectivity index (χ4v) is 2.79. The van der Waals surface area contributed by atoms with Crippen molar-refractivity contribution in [2.75, 3.05) is 5.32 Å². The van der Waals surface area contributed by atoms with Crippen molar-refractivity contribution < 1.29 is 23.5 Å². The van der Waals surface area contributed by atoms with Crippen LogP contribution < -0.4 is 5.32 Å². The van der Waals surface area contributed by atoms with Crippen LogP contribution in [0.25, 0.3) is 0 Å². The van der Waals surface area contributed by atoms with E-state index in [1.165, 1.54) is 0 Å². The Balaban J connectivity index is 2.37. The molecule has 0 atom stereocenters. The van der Waals surface area contributed by atoms with Gasteiger partial charge in [0.2, 0.25) is 0 Å². The molecule has 0 saturated heterocycles. The van der Waals surface area contributed by atoms with Gasteiger partial charge in [0, 0.05) is 0 Å². The van der Waals surface area contributed by atoms with Crippen LogP contribution in [0.3, 0.4) is 0 Å². The van der Waals surface area contributed by atoms with Gasteiger partial charge in [-0.1, -0.05) is 0 Å². The number of carbonyl (C=O) groups is 2. The Kier molecular flexibility index (Phi) is 4.38. The third-order valence-corrected chi connectivity index (χ3v) is 4.36. The average Bonchev–Trinajstić information content (AvgIpc) is 2.75. The summed E-state index contributed by atoms with van der Waals surface area (Å²) in [4.78, 5) is 23.0. The Morgan fingerprint density at radius 3 is 2.57 bits per heavy atom. The highest BCUT2D eigenvalue weighted by Gasteiger charge is 2.20. The Morgan fingerprint density at radius 2 is 1.95 bits per heavy atom. The van der Waals surface area contributed by atoms with E-state index in [-0.39, 0.29) is 15.0 Å². The number of rotatable bonds is 3. The smallest absolute Gasteiger partial charge is 0.348 e. The Bertz CT molecular complexity index is 745. The lowest BCUT2D eigenvalue weighted by Gasteiger charge is -2.08. The first kappa shape index (κ1) is 15.6. The molecule has 1 aromatic heterocycles. The van der Waals surface area contributed by atoms with E-state index >= 15 is 0 Å². The minimum atomic E-state index is -1.20. The molecule has 0 aliphatic rings. The molecule has 21 heavy (non-hydrogen) atoms. The first-order chi connectivity index (χ1) is 9.81. The highest BCUT2D eigenvalue weighted by Crippen LogP contribution is 2.28. The second kappa shape index (κ2) is 5.90. The van der Waals surface area contributed by atoms with Crippen molar-refractivity contribution in [2.45, 2.75) is 6.92 Å². The second-order valence-electron chi connectivity index (χ2n) is 4.13. The molecule has 0 spiro atoms. The monoisotopic (exact) mass is 375 g/mol. The number of halogens is 3. The van der Waals surface area contributed by atoms with Crippen molar-refractivity contribution in [3.8, 4) is 0 Å². The van der Waals surface area contributed by atoms with Crippen molar-refractivity contribution >= 4 is 44.8 Å². The highest BCUT2D eigenvalue weighted by molar-refractivity contribution is 9.10. The number of amides is 1. The van der Waals surface area contributed by atoms with Gasteiger partial charge >= 0.3 is 5.97 Å². The summed E-state index contributed by atoms with van der Waals surface area (Å²) in [5.41, 5.74) is 0.113. The van der Waals surface area contributed by atoms with Crippen LogP contribution in [0.4, 0.5) is 14.5 Å². The van der Waals surface area contributed by atoms with Gasteiger partial charge in [-0.25, -0.2) is 13.6 Å². The Morgan fingerprint density at radius 1 is 1.29 bits per heavy atom. The van der Waals surface area contributed by atoms with Crippen molar-refractivity contribution in [3.63, 3.8) is 0 Å². The lowest BCUT2D eigenvalue weighted by molar-refractivity contribution is 0.0703. The summed E-state index contributed by atoms with van der Waals surface area (Å²) < 4.78 is 27.0. The minimum Gasteiger partial charge on any atom is -0.477 e. The fourth-order valence-electron chi connectivity index (χ4n) is 1.63. The van der Waals surface area contributed by atoms with Crippen LogP contribution in [0, 0.1) is 18.6 Å². The van der Waals surface area contributed by atoms with Gasteiger partial charge in [0.25, 0.3) is 5.91 Å². The molecule has 0 unspecified atom stereocenters. The Hall–Kier alpha value is -1.80. The van der Waals surface area contributed by atoms with E-state index in [4.69, 9.17) is 5.11 Å². The van der Waals surface area contributed by atoms with Crippen LogP contribution in [0.5, 0.6) is 0 Å². The van der Waals surface area contributed by atoms with Gasteiger partial charge in [0.1, 0.15) is 16.5 Å². The van der Waals surface area contributed by atoms with Crippen molar-refractivity contribution in [3.05, 3.63) is 49.6 Å². The maximum atomic E-state index is 13.7. The van der Waals surface area contributed by atoms with E-state index in [0.29, 0.717) is 5.56 Å². The maximum absolute atomic E-state index is 13.7. The minimum absolute atomic E-state index is 0.0705. The van der Waals surface area contributed by atoms with E-state index in [9.17, 15) is 18.4 Å². The summed E-state index contributed by atoms with van der Waals surface area (Å²) in [6.45, 7) is 1.61. The van der Waals surface area contributed by atoms with Crippen LogP contribution >= 0.6 is 27.3 Å². The van der Waals surface area contributed by atoms with E-state index in [1.807, 2.05) is 0 Å². The second-order valence-corrected chi connectivity index (χ2v) is 5.86. The molecule has 0 fully saturated rings. The summed E-state index contributed by atoms with van der Waals surface area (Å²) >= 11 is 3.75. The van der Waals surface area contributed by atoms with Gasteiger partial charge in [-0.3, -0.25) is 4.79 Å². The molecule has 2 aromatic rings. The molecule has 0 aliphatic carbocycles. The summed E-state index contributed by atoms with van der Waals surface area (Å²) in [5.74, 6) is -3.82. The van der Waals surface area contributed by atoms with E-state index < -0.39 is 29.1 Å². The maximum Gasteiger partial charge on any atom is 0.348 e. The molecule has 110 valence electrons. The number of hydrogen-bond donors (Lipinski definition) is 2. The lowest BCUT2D eigenvalue weighted by Crippen LogP contribution is -2.16. The summed E-state index contributed by atoms with van der Waals surface area (Å²) in [6, 6.07) is 1.58. The number of anilines is 1. The predicted octanol–water partition coefficient (Wildman–Crippen LogP) is 4.05. The SMILES string of the molecule is Cc1csc(C(=O)O)c1NC(=O)c1cc(F)c(Br)cc1F. The summed E-state index contributed by atoms with van der Waals surface area (Å²) in [5, 5.41) is 12.9. The molecule has 0 bridgehead atoms. The number of benzene rings is 1. The number of hydrogen-bond acceptors (Lipinski definition) is 3. The number of aryl methyl sites for hydroxylation is 1. The first-order valence-corrected chi connectivity index (χ1v) is 7.25. The third kappa shape index (κ3) is 3.11. The number of carbonyl (C=O) groups excluding carboxylic acids is 1. The van der Waals surface area contributed by atoms with Crippen molar-refractivity contribution in [1.29, 1.82) is 0 Å². The van der Waals surface area contributed by atoms with Gasteiger partial charge in [0.15, 0.2) is 0 Å². The van der Waals surface area contributed by atoms with Crippen LogP contribution in [0.15, 0.2) is 22.0 Å². The van der Waals surface area contributed by atoms with E-state index in [1.54, 1.807) is 12.3 Å². The van der Waals surface area contributed by atoms with Gasteiger partial charge in [-0.2, -0.15) is 0 Å². The highest BCUT2D eigenvalue weighted by atomic mass is 79.9. The van der Waals surface area contributed by atoms with Crippen LogP contribution in [0.2, 0.25) is 0 Å². The van der Waals surface area contributed by atoms with E-state index in [0.717, 1.165) is 23.5 Å². The lowest BCUT2D eigenvalue weighted by atomic mass is 10.1. The summed E-state index contributed by atoms with van der Waals surface area (Å²) in [6.07, 6.45) is 0. The molecular weight excluding hydrogens is 368 g/mol. The number of carboxylic acids is 1. The first-order valence-electron chi connectivity index (χ1n) is 5.58. The average molecular weight is 376 g/mol. The molecule has 1 aromatic carbocycles. The molecule has 2 rings (SSSR count). The molecule has 0 radical (unpaired) electrons. The molecule has 4 nitrogen and oxygen atoms in total. The van der Waals surface area contributed by atoms with Crippen molar-refractivity contribution in [2.24, 2.45) is 0 Å². The molecule has 2 N–H and O–H groups in total. The van der Waals surface area contributed by atoms with Crippen molar-refractivity contribution in [1.82, 2.24) is 0 Å². The van der Waals surface area contributed by atoms with Crippen LogP contribution in [0.1, 0.15) is 25.6 Å². The number of carboxylic acid groups (broad SMARTS) is 1. The predicted molar refractivity (Wildman–Crippen MR) is 78.0 cm³/mol. The van der Waals surface area contributed by atoms with Gasteiger partial charge < -0.3 is 10.4 Å². The number of thiophene rings is 1. The molecule has 0 aliphatic heterocycles. The third-order valence-electron chi connectivity index (χ3n) is 2.66. The normalized spacial score (nSPS) is 10.5. The number of aromatic carboxylic acids is 1. The molecule has 1 amide bonds. The topological polar surface area (TPSA) is 66.4 Å². The molecular formula is C13H8BrF2NO3S. The van der Waals surface area contributed by atoms with Gasteiger partial charge in [-0.05, 0) is 45.9 Å². The van der Waals surface area contributed by atoms with E-state index in [2.05, 4.69) is 21.2 Å². The largest absolute Gasteiger partial charge is 0.477 e.